The van der Waals surface area contributed by atoms with Crippen LogP contribution in [0.5, 0.6) is 0 Å². The van der Waals surface area contributed by atoms with Crippen LogP contribution in [-0.4, -0.2) is 45.8 Å². The molecule has 2 aromatic rings. The van der Waals surface area contributed by atoms with Crippen molar-refractivity contribution in [2.45, 2.75) is 52.0 Å². The molecular weight excluding hydrogens is 370 g/mol. The SMILES string of the molecule is Cc1nn([C@@]2(C)CCS(=O)(=O)C2)c(C)c1[C@@H](CC(N)=O)c1c(C)[nH][nH]c1=O. The third kappa shape index (κ3) is 3.33. The fraction of sp³-hybridized carbons (Fsp3) is 0.588. The van der Waals surface area contributed by atoms with E-state index in [0.29, 0.717) is 23.4 Å². The van der Waals surface area contributed by atoms with E-state index in [1.165, 1.54) is 0 Å². The minimum atomic E-state index is -3.11. The summed E-state index contributed by atoms with van der Waals surface area (Å²) in [6.45, 7) is 7.27. The maximum Gasteiger partial charge on any atom is 0.267 e. The van der Waals surface area contributed by atoms with Gasteiger partial charge in [0, 0.05) is 34.9 Å². The number of amides is 1. The van der Waals surface area contributed by atoms with Gasteiger partial charge in [0.1, 0.15) is 0 Å². The largest absolute Gasteiger partial charge is 0.370 e. The van der Waals surface area contributed by atoms with E-state index >= 15 is 0 Å². The number of hydrogen-bond acceptors (Lipinski definition) is 5. The number of rotatable bonds is 5. The molecule has 2 atom stereocenters. The molecule has 148 valence electrons. The second-order valence-electron chi connectivity index (χ2n) is 7.68. The number of carbonyl (C=O) groups excluding carboxylic acids is 1. The van der Waals surface area contributed by atoms with Gasteiger partial charge in [0.2, 0.25) is 5.91 Å². The Balaban J connectivity index is 2.17. The van der Waals surface area contributed by atoms with Crippen LogP contribution in [-0.2, 0) is 20.2 Å². The van der Waals surface area contributed by atoms with Crippen molar-refractivity contribution < 1.29 is 13.2 Å². The molecule has 10 heteroatoms. The lowest BCUT2D eigenvalue weighted by Gasteiger charge is -2.25. The number of aromatic nitrogens is 4. The quantitative estimate of drug-likeness (QED) is 0.670. The van der Waals surface area contributed by atoms with E-state index in [-0.39, 0.29) is 23.5 Å². The molecule has 0 saturated carbocycles. The second-order valence-corrected chi connectivity index (χ2v) is 9.86. The van der Waals surface area contributed by atoms with Crippen molar-refractivity contribution in [3.05, 3.63) is 38.6 Å². The molecule has 0 unspecified atom stereocenters. The topological polar surface area (TPSA) is 144 Å². The minimum absolute atomic E-state index is 0.0195. The summed E-state index contributed by atoms with van der Waals surface area (Å²) in [6, 6.07) is 0. The Labute approximate surface area is 157 Å². The third-order valence-corrected chi connectivity index (χ3v) is 7.34. The molecule has 0 aliphatic carbocycles. The molecule has 0 aromatic carbocycles. The van der Waals surface area contributed by atoms with E-state index in [1.54, 1.807) is 18.5 Å². The first kappa shape index (κ1) is 19.4. The fourth-order valence-electron chi connectivity index (χ4n) is 4.27. The lowest BCUT2D eigenvalue weighted by molar-refractivity contribution is -0.118. The molecule has 1 aliphatic rings. The van der Waals surface area contributed by atoms with Gasteiger partial charge in [-0.1, -0.05) is 0 Å². The molecular formula is C17H25N5O4S. The number of sulfone groups is 1. The van der Waals surface area contributed by atoms with Crippen molar-refractivity contribution >= 4 is 15.7 Å². The molecule has 2 aromatic heterocycles. The highest BCUT2D eigenvalue weighted by atomic mass is 32.2. The third-order valence-electron chi connectivity index (χ3n) is 5.46. The van der Waals surface area contributed by atoms with Gasteiger partial charge < -0.3 is 10.8 Å². The lowest BCUT2D eigenvalue weighted by Crippen LogP contribution is -2.33. The number of aryl methyl sites for hydroxylation is 2. The Morgan fingerprint density at radius 3 is 2.44 bits per heavy atom. The van der Waals surface area contributed by atoms with Crippen molar-refractivity contribution in [3.8, 4) is 0 Å². The van der Waals surface area contributed by atoms with Gasteiger partial charge in [-0.2, -0.15) is 5.10 Å². The van der Waals surface area contributed by atoms with E-state index in [4.69, 9.17) is 5.73 Å². The summed E-state index contributed by atoms with van der Waals surface area (Å²) in [6.07, 6.45) is 0.436. The van der Waals surface area contributed by atoms with Crippen LogP contribution in [0, 0.1) is 20.8 Å². The molecule has 1 fully saturated rings. The number of nitrogens with one attached hydrogen (secondary N) is 2. The van der Waals surface area contributed by atoms with Gasteiger partial charge in [0.15, 0.2) is 9.84 Å². The van der Waals surface area contributed by atoms with E-state index in [0.717, 1.165) is 11.3 Å². The minimum Gasteiger partial charge on any atom is -0.370 e. The summed E-state index contributed by atoms with van der Waals surface area (Å²) in [4.78, 5) is 24.1. The van der Waals surface area contributed by atoms with Gasteiger partial charge in [-0.05, 0) is 34.1 Å². The van der Waals surface area contributed by atoms with Crippen LogP contribution in [0.15, 0.2) is 4.79 Å². The number of nitrogens with two attached hydrogens (primary N) is 1. The molecule has 27 heavy (non-hydrogen) atoms. The standard InChI is InChI=1S/C17H25N5O4S/c1-9-15(16(24)20-19-9)12(7-13(18)23)14-10(2)21-22(11(14)3)17(4)5-6-27(25,26)8-17/h12H,5-8H2,1-4H3,(H2,18,23)(H2,19,20,24)/t12-,17+/m1/s1. The van der Waals surface area contributed by atoms with Gasteiger partial charge in [0.05, 0.1) is 22.7 Å². The summed E-state index contributed by atoms with van der Waals surface area (Å²) >= 11 is 0. The molecule has 9 nitrogen and oxygen atoms in total. The molecule has 4 N–H and O–H groups in total. The second kappa shape index (κ2) is 6.36. The smallest absolute Gasteiger partial charge is 0.267 e. The predicted octanol–water partition coefficient (Wildman–Crippen LogP) is 0.366. The van der Waals surface area contributed by atoms with E-state index in [9.17, 15) is 18.0 Å². The summed E-state index contributed by atoms with van der Waals surface area (Å²) < 4.78 is 25.8. The Morgan fingerprint density at radius 2 is 1.96 bits per heavy atom. The fourth-order valence-corrected chi connectivity index (χ4v) is 6.38. The summed E-state index contributed by atoms with van der Waals surface area (Å²) in [5.74, 6) is -0.932. The number of hydrogen-bond donors (Lipinski definition) is 3. The zero-order valence-corrected chi connectivity index (χ0v) is 16.7. The number of aromatic amines is 2. The Morgan fingerprint density at radius 1 is 1.30 bits per heavy atom. The highest BCUT2D eigenvalue weighted by Crippen LogP contribution is 2.37. The monoisotopic (exact) mass is 395 g/mol. The average molecular weight is 395 g/mol. The van der Waals surface area contributed by atoms with Crippen molar-refractivity contribution in [1.82, 2.24) is 20.0 Å². The molecule has 3 heterocycles. The van der Waals surface area contributed by atoms with E-state index in [2.05, 4.69) is 15.3 Å². The van der Waals surface area contributed by atoms with Gasteiger partial charge in [-0.3, -0.25) is 19.4 Å². The van der Waals surface area contributed by atoms with E-state index < -0.39 is 27.2 Å². The molecule has 1 saturated heterocycles. The maximum absolute atomic E-state index is 12.3. The Kier molecular flexibility index (Phi) is 4.57. The van der Waals surface area contributed by atoms with Crippen LogP contribution in [0.25, 0.3) is 0 Å². The summed E-state index contributed by atoms with van der Waals surface area (Å²) in [5, 5.41) is 9.93. The van der Waals surface area contributed by atoms with Crippen molar-refractivity contribution in [1.29, 1.82) is 0 Å². The highest BCUT2D eigenvalue weighted by Gasteiger charge is 2.42. The van der Waals surface area contributed by atoms with Crippen molar-refractivity contribution in [2.24, 2.45) is 5.73 Å². The van der Waals surface area contributed by atoms with Gasteiger partial charge in [0.25, 0.3) is 5.56 Å². The van der Waals surface area contributed by atoms with Crippen LogP contribution in [0.4, 0.5) is 0 Å². The number of primary amides is 1. The van der Waals surface area contributed by atoms with Crippen LogP contribution >= 0.6 is 0 Å². The first-order chi connectivity index (χ1) is 12.4. The Hall–Kier alpha value is -2.36. The van der Waals surface area contributed by atoms with Gasteiger partial charge in [-0.25, -0.2) is 8.42 Å². The first-order valence-electron chi connectivity index (χ1n) is 8.77. The maximum atomic E-state index is 12.3. The average Bonchev–Trinajstić information content (AvgIpc) is 3.13. The molecule has 0 bridgehead atoms. The van der Waals surface area contributed by atoms with Crippen LogP contribution in [0.1, 0.15) is 53.9 Å². The molecule has 0 spiro atoms. The highest BCUT2D eigenvalue weighted by molar-refractivity contribution is 7.91. The number of nitrogens with zero attached hydrogens (tertiary/aromatic N) is 2. The van der Waals surface area contributed by atoms with Crippen LogP contribution in [0.2, 0.25) is 0 Å². The van der Waals surface area contributed by atoms with Crippen molar-refractivity contribution in [3.63, 3.8) is 0 Å². The Bertz CT molecular complexity index is 1060. The molecule has 3 rings (SSSR count). The number of H-pyrrole nitrogens is 2. The zero-order chi connectivity index (χ0) is 20.1. The molecule has 1 amide bonds. The lowest BCUT2D eigenvalue weighted by atomic mass is 9.87. The molecule has 1 aliphatic heterocycles. The molecule has 0 radical (unpaired) electrons. The van der Waals surface area contributed by atoms with E-state index in [1.807, 2.05) is 13.8 Å². The zero-order valence-electron chi connectivity index (χ0n) is 15.9. The first-order valence-corrected chi connectivity index (χ1v) is 10.6. The normalized spacial score (nSPS) is 22.8. The van der Waals surface area contributed by atoms with Gasteiger partial charge in [-0.15, -0.1) is 0 Å². The van der Waals surface area contributed by atoms with Crippen LogP contribution < -0.4 is 11.3 Å². The van der Waals surface area contributed by atoms with Crippen LogP contribution in [0.3, 0.4) is 0 Å². The predicted molar refractivity (Wildman–Crippen MR) is 100 cm³/mol. The van der Waals surface area contributed by atoms with Crippen molar-refractivity contribution in [2.75, 3.05) is 11.5 Å². The summed E-state index contributed by atoms with van der Waals surface area (Å²) in [5.41, 5.74) is 7.73. The number of carbonyl (C=O) groups is 1. The summed E-state index contributed by atoms with van der Waals surface area (Å²) in [7, 11) is -3.11. The van der Waals surface area contributed by atoms with Gasteiger partial charge >= 0.3 is 0 Å².